The summed E-state index contributed by atoms with van der Waals surface area (Å²) in [4.78, 5) is 10.2. The van der Waals surface area contributed by atoms with Crippen LogP contribution in [-0.4, -0.2) is 21.2 Å². The van der Waals surface area contributed by atoms with Gasteiger partial charge in [-0.1, -0.05) is 20.8 Å². The summed E-state index contributed by atoms with van der Waals surface area (Å²) < 4.78 is 0.174. The second-order valence-electron chi connectivity index (χ2n) is 5.46. The molecule has 0 aliphatic rings. The third-order valence-electron chi connectivity index (χ3n) is 2.88. The number of rotatable bonds is 3. The molecule has 19 heavy (non-hydrogen) atoms. The highest BCUT2D eigenvalue weighted by molar-refractivity contribution is 9.10. The molecule has 1 rings (SSSR count). The Morgan fingerprint density at radius 3 is 2.37 bits per heavy atom. The van der Waals surface area contributed by atoms with Crippen LogP contribution < -0.4 is 5.73 Å². The topological polar surface area (TPSA) is 110 Å². The number of aliphatic hydroxyl groups excluding tert-OH is 1. The molecule has 0 fully saturated rings. The number of phenolic OH excluding ortho intramolecular Hbond substituents is 1. The molecular weight excluding hydrogens is 316 g/mol. The van der Waals surface area contributed by atoms with E-state index in [2.05, 4.69) is 15.9 Å². The molecule has 0 aromatic heterocycles. The summed E-state index contributed by atoms with van der Waals surface area (Å²) in [7, 11) is 0. The first-order chi connectivity index (χ1) is 8.55. The third kappa shape index (κ3) is 3.43. The Bertz CT molecular complexity index is 499. The van der Waals surface area contributed by atoms with Crippen LogP contribution >= 0.6 is 15.9 Å². The fourth-order valence-electron chi connectivity index (χ4n) is 1.67. The minimum atomic E-state index is -0.952. The number of nitro benzene ring substituents is 1. The van der Waals surface area contributed by atoms with E-state index in [0.717, 1.165) is 0 Å². The van der Waals surface area contributed by atoms with Gasteiger partial charge in [0.25, 0.3) is 5.69 Å². The Labute approximate surface area is 119 Å². The van der Waals surface area contributed by atoms with Gasteiger partial charge in [-0.25, -0.2) is 0 Å². The summed E-state index contributed by atoms with van der Waals surface area (Å²) in [6, 6.07) is 1.45. The quantitative estimate of drug-likeness (QED) is 0.581. The van der Waals surface area contributed by atoms with Crippen LogP contribution in [0.2, 0.25) is 0 Å². The molecule has 0 radical (unpaired) electrons. The molecule has 0 aliphatic carbocycles. The summed E-state index contributed by atoms with van der Waals surface area (Å²) in [6.07, 6.45) is -0.952. The summed E-state index contributed by atoms with van der Waals surface area (Å²) >= 11 is 3.04. The Kier molecular flexibility index (Phi) is 4.54. The molecular formula is C12H17BrN2O4. The maximum atomic E-state index is 10.8. The van der Waals surface area contributed by atoms with Gasteiger partial charge in [0, 0.05) is 17.7 Å². The van der Waals surface area contributed by atoms with Gasteiger partial charge in [0.1, 0.15) is 5.75 Å². The van der Waals surface area contributed by atoms with E-state index in [9.17, 15) is 20.3 Å². The van der Waals surface area contributed by atoms with Gasteiger partial charge >= 0.3 is 0 Å². The first-order valence-corrected chi connectivity index (χ1v) is 6.45. The van der Waals surface area contributed by atoms with Crippen LogP contribution in [0.3, 0.4) is 0 Å². The number of nitro groups is 1. The molecule has 0 aliphatic heterocycles. The number of non-ortho nitro benzene ring substituents is 1. The maximum absolute atomic E-state index is 10.8. The molecule has 4 N–H and O–H groups in total. The highest BCUT2D eigenvalue weighted by Crippen LogP contribution is 2.38. The van der Waals surface area contributed by atoms with E-state index in [1.54, 1.807) is 20.8 Å². The van der Waals surface area contributed by atoms with Crippen LogP contribution in [0.4, 0.5) is 5.69 Å². The Morgan fingerprint density at radius 1 is 1.42 bits per heavy atom. The SMILES string of the molecule is CC(C)(C)[C@@H](O)[C@@H](N)c1cc([N+](=O)[O-])cc(Br)c1O. The molecule has 0 heterocycles. The summed E-state index contributed by atoms with van der Waals surface area (Å²) in [6.45, 7) is 5.38. The molecule has 6 nitrogen and oxygen atoms in total. The predicted molar refractivity (Wildman–Crippen MR) is 74.9 cm³/mol. The molecule has 106 valence electrons. The van der Waals surface area contributed by atoms with E-state index in [0.29, 0.717) is 0 Å². The highest BCUT2D eigenvalue weighted by atomic mass is 79.9. The Balaban J connectivity index is 3.30. The number of phenols is 1. The molecule has 0 saturated carbocycles. The van der Waals surface area contributed by atoms with Crippen LogP contribution in [0.15, 0.2) is 16.6 Å². The third-order valence-corrected chi connectivity index (χ3v) is 3.48. The van der Waals surface area contributed by atoms with Crippen LogP contribution in [0.5, 0.6) is 5.75 Å². The zero-order chi connectivity index (χ0) is 15.0. The zero-order valence-corrected chi connectivity index (χ0v) is 12.5. The van der Waals surface area contributed by atoms with Crippen molar-refractivity contribution >= 4 is 21.6 Å². The van der Waals surface area contributed by atoms with Crippen LogP contribution in [0.25, 0.3) is 0 Å². The molecule has 0 saturated heterocycles. The van der Waals surface area contributed by atoms with E-state index >= 15 is 0 Å². The van der Waals surface area contributed by atoms with Gasteiger partial charge in [-0.2, -0.15) is 0 Å². The van der Waals surface area contributed by atoms with Crippen molar-refractivity contribution in [1.82, 2.24) is 0 Å². The lowest BCUT2D eigenvalue weighted by Gasteiger charge is -2.31. The van der Waals surface area contributed by atoms with Crippen molar-refractivity contribution in [1.29, 1.82) is 0 Å². The van der Waals surface area contributed by atoms with Gasteiger partial charge in [0.05, 0.1) is 21.5 Å². The predicted octanol–water partition coefficient (Wildman–Crippen LogP) is 2.47. The molecule has 0 spiro atoms. The first-order valence-electron chi connectivity index (χ1n) is 5.66. The lowest BCUT2D eigenvalue weighted by molar-refractivity contribution is -0.385. The molecule has 1 aromatic carbocycles. The lowest BCUT2D eigenvalue weighted by Crippen LogP contribution is -2.37. The minimum Gasteiger partial charge on any atom is -0.506 e. The summed E-state index contributed by atoms with van der Waals surface area (Å²) in [5, 5.41) is 30.9. The van der Waals surface area contributed by atoms with Crippen LogP contribution in [0.1, 0.15) is 32.4 Å². The Morgan fingerprint density at radius 2 is 1.95 bits per heavy atom. The average molecular weight is 333 g/mol. The molecule has 1 aromatic rings. The molecule has 0 unspecified atom stereocenters. The highest BCUT2D eigenvalue weighted by Gasteiger charge is 2.32. The number of hydrogen-bond acceptors (Lipinski definition) is 5. The summed E-state index contributed by atoms with van der Waals surface area (Å²) in [5.74, 6) is -0.193. The number of nitrogens with two attached hydrogens (primary N) is 1. The van der Waals surface area contributed by atoms with Crippen molar-refractivity contribution in [2.45, 2.75) is 32.9 Å². The van der Waals surface area contributed by atoms with Crippen molar-refractivity contribution < 1.29 is 15.1 Å². The number of benzene rings is 1. The van der Waals surface area contributed by atoms with Gasteiger partial charge in [-0.05, 0) is 21.3 Å². The van der Waals surface area contributed by atoms with Gasteiger partial charge in [0.15, 0.2) is 0 Å². The molecule has 0 bridgehead atoms. The normalized spacial score (nSPS) is 15.1. The van der Waals surface area contributed by atoms with E-state index in [1.807, 2.05) is 0 Å². The number of nitrogens with zero attached hydrogens (tertiary/aromatic N) is 1. The van der Waals surface area contributed by atoms with E-state index in [-0.39, 0.29) is 21.5 Å². The van der Waals surface area contributed by atoms with E-state index in [1.165, 1.54) is 12.1 Å². The van der Waals surface area contributed by atoms with Crippen LogP contribution in [0, 0.1) is 15.5 Å². The van der Waals surface area contributed by atoms with E-state index in [4.69, 9.17) is 5.73 Å². The molecule has 7 heteroatoms. The van der Waals surface area contributed by atoms with Crippen molar-refractivity contribution in [2.24, 2.45) is 11.1 Å². The number of aliphatic hydroxyl groups is 1. The smallest absolute Gasteiger partial charge is 0.271 e. The van der Waals surface area contributed by atoms with Gasteiger partial charge in [0.2, 0.25) is 0 Å². The van der Waals surface area contributed by atoms with Gasteiger partial charge in [-0.15, -0.1) is 0 Å². The lowest BCUT2D eigenvalue weighted by atomic mass is 9.82. The van der Waals surface area contributed by atoms with E-state index < -0.39 is 22.5 Å². The number of hydrogen-bond donors (Lipinski definition) is 3. The number of halogens is 1. The first kappa shape index (κ1) is 15.9. The van der Waals surface area contributed by atoms with Crippen molar-refractivity contribution in [3.63, 3.8) is 0 Å². The second kappa shape index (κ2) is 5.44. The fraction of sp³-hybridized carbons (Fsp3) is 0.500. The summed E-state index contributed by atoms with van der Waals surface area (Å²) in [5.41, 5.74) is 5.34. The standard InChI is InChI=1S/C12H17BrN2O4/c1-12(2,3)11(17)9(14)7-4-6(15(18)19)5-8(13)10(7)16/h4-5,9,11,16-17H,14H2,1-3H3/t9-,11-/m0/s1. The second-order valence-corrected chi connectivity index (χ2v) is 6.31. The van der Waals surface area contributed by atoms with Gasteiger partial charge in [-0.3, -0.25) is 10.1 Å². The monoisotopic (exact) mass is 332 g/mol. The average Bonchev–Trinajstić information content (AvgIpc) is 2.29. The zero-order valence-electron chi connectivity index (χ0n) is 10.9. The van der Waals surface area contributed by atoms with Crippen LogP contribution in [-0.2, 0) is 0 Å². The van der Waals surface area contributed by atoms with Gasteiger partial charge < -0.3 is 15.9 Å². The Hall–Kier alpha value is -1.18. The molecule has 2 atom stereocenters. The number of aromatic hydroxyl groups is 1. The van der Waals surface area contributed by atoms with Crippen molar-refractivity contribution in [3.05, 3.63) is 32.3 Å². The largest absolute Gasteiger partial charge is 0.506 e. The minimum absolute atomic E-state index is 0.142. The molecule has 0 amide bonds. The maximum Gasteiger partial charge on any atom is 0.271 e. The van der Waals surface area contributed by atoms with Crippen molar-refractivity contribution in [3.8, 4) is 5.75 Å². The fourth-order valence-corrected chi connectivity index (χ4v) is 2.14. The van der Waals surface area contributed by atoms with Crippen molar-refractivity contribution in [2.75, 3.05) is 0 Å².